The Balaban J connectivity index is 1.63. The summed E-state index contributed by atoms with van der Waals surface area (Å²) in [5, 5.41) is 16.5. The Bertz CT molecular complexity index is 755. The lowest BCUT2D eigenvalue weighted by Gasteiger charge is -2.19. The molecule has 0 aliphatic heterocycles. The minimum Gasteiger partial charge on any atom is -0.497 e. The van der Waals surface area contributed by atoms with Gasteiger partial charge < -0.3 is 20.5 Å². The van der Waals surface area contributed by atoms with E-state index >= 15 is 0 Å². The van der Waals surface area contributed by atoms with Gasteiger partial charge in [-0.25, -0.2) is 0 Å². The van der Waals surface area contributed by atoms with Crippen LogP contribution in [0.25, 0.3) is 0 Å². The van der Waals surface area contributed by atoms with Gasteiger partial charge in [0.25, 0.3) is 0 Å². The standard InChI is InChI=1S/C23H31N3O2/c1-3-24-22(25-15-19(16-27)18-7-5-4-6-8-18)26-17-23(13-14-23)20-9-11-21(28-2)12-10-20/h4-12,19,27H,3,13-17H2,1-2H3,(H2,24,25,26). The molecular weight excluding hydrogens is 350 g/mol. The van der Waals surface area contributed by atoms with Gasteiger partial charge in [0.2, 0.25) is 0 Å². The molecule has 0 aromatic heterocycles. The fourth-order valence-corrected chi connectivity index (χ4v) is 3.44. The Kier molecular flexibility index (Phi) is 6.93. The molecule has 3 rings (SSSR count). The van der Waals surface area contributed by atoms with Crippen LogP contribution in [0.1, 0.15) is 36.8 Å². The molecule has 0 radical (unpaired) electrons. The van der Waals surface area contributed by atoms with Crippen LogP contribution in [0.2, 0.25) is 0 Å². The summed E-state index contributed by atoms with van der Waals surface area (Å²) in [5.74, 6) is 1.73. The molecule has 1 unspecified atom stereocenters. The van der Waals surface area contributed by atoms with Gasteiger partial charge in [0.15, 0.2) is 5.96 Å². The average molecular weight is 382 g/mol. The van der Waals surface area contributed by atoms with Crippen LogP contribution >= 0.6 is 0 Å². The summed E-state index contributed by atoms with van der Waals surface area (Å²) in [4.78, 5) is 4.85. The van der Waals surface area contributed by atoms with Gasteiger partial charge in [0, 0.05) is 24.4 Å². The zero-order valence-corrected chi connectivity index (χ0v) is 16.8. The Morgan fingerprint density at radius 3 is 2.39 bits per heavy atom. The maximum absolute atomic E-state index is 9.77. The molecule has 3 N–H and O–H groups in total. The number of ether oxygens (including phenoxy) is 1. The number of aliphatic hydroxyl groups is 1. The van der Waals surface area contributed by atoms with E-state index in [1.807, 2.05) is 30.3 Å². The molecular formula is C23H31N3O2. The third-order valence-corrected chi connectivity index (χ3v) is 5.45. The van der Waals surface area contributed by atoms with Crippen molar-refractivity contribution in [1.82, 2.24) is 10.6 Å². The van der Waals surface area contributed by atoms with E-state index in [4.69, 9.17) is 9.73 Å². The third kappa shape index (κ3) is 5.04. The lowest BCUT2D eigenvalue weighted by molar-refractivity contribution is 0.265. The van der Waals surface area contributed by atoms with E-state index < -0.39 is 0 Å². The number of hydrogen-bond acceptors (Lipinski definition) is 3. The molecule has 0 amide bonds. The fraction of sp³-hybridized carbons (Fsp3) is 0.435. The first-order chi connectivity index (χ1) is 13.7. The number of aliphatic hydroxyl groups excluding tert-OH is 1. The topological polar surface area (TPSA) is 65.9 Å². The molecule has 2 aromatic carbocycles. The summed E-state index contributed by atoms with van der Waals surface area (Å²) < 4.78 is 5.27. The van der Waals surface area contributed by atoms with Crippen LogP contribution in [0, 0.1) is 0 Å². The SMILES string of the molecule is CCNC(=NCC1(c2ccc(OC)cc2)CC1)NCC(CO)c1ccccc1. The summed E-state index contributed by atoms with van der Waals surface area (Å²) in [7, 11) is 1.69. The Labute approximate surface area is 167 Å². The lowest BCUT2D eigenvalue weighted by atomic mass is 9.96. The van der Waals surface area contributed by atoms with E-state index in [2.05, 4.69) is 41.8 Å². The second kappa shape index (κ2) is 9.60. The molecule has 28 heavy (non-hydrogen) atoms. The number of nitrogens with zero attached hydrogens (tertiary/aromatic N) is 1. The predicted molar refractivity (Wildman–Crippen MR) is 114 cm³/mol. The van der Waals surface area contributed by atoms with Crippen molar-refractivity contribution in [2.75, 3.05) is 33.4 Å². The predicted octanol–water partition coefficient (Wildman–Crippen LogP) is 3.06. The first-order valence-electron chi connectivity index (χ1n) is 10.0. The van der Waals surface area contributed by atoms with Gasteiger partial charge in [-0.05, 0) is 43.0 Å². The maximum atomic E-state index is 9.77. The molecule has 1 atom stereocenters. The van der Waals surface area contributed by atoms with E-state index in [-0.39, 0.29) is 17.9 Å². The van der Waals surface area contributed by atoms with Gasteiger partial charge in [-0.2, -0.15) is 0 Å². The quantitative estimate of drug-likeness (QED) is 0.461. The largest absolute Gasteiger partial charge is 0.497 e. The highest BCUT2D eigenvalue weighted by atomic mass is 16.5. The molecule has 5 nitrogen and oxygen atoms in total. The van der Waals surface area contributed by atoms with E-state index in [9.17, 15) is 5.11 Å². The van der Waals surface area contributed by atoms with Crippen LogP contribution in [-0.4, -0.2) is 44.4 Å². The number of nitrogens with one attached hydrogen (secondary N) is 2. The number of benzene rings is 2. The second-order valence-corrected chi connectivity index (χ2v) is 7.38. The molecule has 1 fully saturated rings. The van der Waals surface area contributed by atoms with Crippen LogP contribution in [0.4, 0.5) is 0 Å². The van der Waals surface area contributed by atoms with Crippen molar-refractivity contribution in [2.45, 2.75) is 31.1 Å². The van der Waals surface area contributed by atoms with E-state index in [1.54, 1.807) is 7.11 Å². The lowest BCUT2D eigenvalue weighted by Crippen LogP contribution is -2.40. The van der Waals surface area contributed by atoms with Gasteiger partial charge in [0.05, 0.1) is 20.3 Å². The van der Waals surface area contributed by atoms with Gasteiger partial charge in [-0.1, -0.05) is 42.5 Å². The van der Waals surface area contributed by atoms with Crippen LogP contribution < -0.4 is 15.4 Å². The third-order valence-electron chi connectivity index (χ3n) is 5.45. The summed E-state index contributed by atoms with van der Waals surface area (Å²) >= 11 is 0. The van der Waals surface area contributed by atoms with Crippen molar-refractivity contribution >= 4 is 5.96 Å². The Morgan fingerprint density at radius 1 is 1.11 bits per heavy atom. The van der Waals surface area contributed by atoms with Gasteiger partial charge >= 0.3 is 0 Å². The molecule has 1 aliphatic carbocycles. The van der Waals surface area contributed by atoms with E-state index in [0.29, 0.717) is 6.54 Å². The molecule has 5 heteroatoms. The summed E-state index contributed by atoms with van der Waals surface area (Å²) in [5.41, 5.74) is 2.60. The maximum Gasteiger partial charge on any atom is 0.191 e. The normalized spacial score (nSPS) is 16.3. The summed E-state index contributed by atoms with van der Waals surface area (Å²) in [6.07, 6.45) is 2.32. The molecule has 0 heterocycles. The van der Waals surface area contributed by atoms with Gasteiger partial charge in [-0.15, -0.1) is 0 Å². The number of hydrogen-bond donors (Lipinski definition) is 3. The van der Waals surface area contributed by atoms with Crippen molar-refractivity contribution < 1.29 is 9.84 Å². The average Bonchev–Trinajstić information content (AvgIpc) is 3.54. The molecule has 0 saturated heterocycles. The monoisotopic (exact) mass is 381 g/mol. The van der Waals surface area contributed by atoms with Crippen molar-refractivity contribution in [3.63, 3.8) is 0 Å². The zero-order valence-electron chi connectivity index (χ0n) is 16.8. The van der Waals surface area contributed by atoms with Gasteiger partial charge in [-0.3, -0.25) is 4.99 Å². The fourth-order valence-electron chi connectivity index (χ4n) is 3.44. The van der Waals surface area contributed by atoms with Crippen molar-refractivity contribution in [3.05, 3.63) is 65.7 Å². The first kappa shape index (κ1) is 20.2. The van der Waals surface area contributed by atoms with Crippen molar-refractivity contribution in [2.24, 2.45) is 4.99 Å². The molecule has 0 spiro atoms. The van der Waals surface area contributed by atoms with E-state index in [1.165, 1.54) is 5.56 Å². The molecule has 2 aromatic rings. The highest BCUT2D eigenvalue weighted by Gasteiger charge is 2.44. The van der Waals surface area contributed by atoms with Crippen LogP contribution in [-0.2, 0) is 5.41 Å². The minimum atomic E-state index is 0.0431. The smallest absolute Gasteiger partial charge is 0.191 e. The molecule has 1 aliphatic rings. The first-order valence-corrected chi connectivity index (χ1v) is 10.0. The number of aliphatic imine (C=N–C) groups is 1. The number of guanidine groups is 1. The Hall–Kier alpha value is -2.53. The van der Waals surface area contributed by atoms with Crippen molar-refractivity contribution in [3.8, 4) is 5.75 Å². The molecule has 150 valence electrons. The van der Waals surface area contributed by atoms with Gasteiger partial charge in [0.1, 0.15) is 5.75 Å². The van der Waals surface area contributed by atoms with Crippen molar-refractivity contribution in [1.29, 1.82) is 0 Å². The number of methoxy groups -OCH3 is 1. The summed E-state index contributed by atoms with van der Waals surface area (Å²) in [6.45, 7) is 4.36. The highest BCUT2D eigenvalue weighted by Crippen LogP contribution is 2.48. The highest BCUT2D eigenvalue weighted by molar-refractivity contribution is 5.80. The van der Waals surface area contributed by atoms with Crippen LogP contribution in [0.5, 0.6) is 5.75 Å². The second-order valence-electron chi connectivity index (χ2n) is 7.38. The van der Waals surface area contributed by atoms with E-state index in [0.717, 1.165) is 43.2 Å². The van der Waals surface area contributed by atoms with Crippen LogP contribution in [0.15, 0.2) is 59.6 Å². The summed E-state index contributed by atoms with van der Waals surface area (Å²) in [6, 6.07) is 18.4. The van der Waals surface area contributed by atoms with Crippen LogP contribution in [0.3, 0.4) is 0 Å². The zero-order chi connectivity index (χ0) is 19.8. The molecule has 0 bridgehead atoms. The molecule has 1 saturated carbocycles. The minimum absolute atomic E-state index is 0.0431. The Morgan fingerprint density at radius 2 is 1.82 bits per heavy atom. The number of rotatable bonds is 9.